The normalized spacial score (nSPS) is 16.4. The first-order chi connectivity index (χ1) is 7.27. The summed E-state index contributed by atoms with van der Waals surface area (Å²) >= 11 is 0. The molecule has 2 rings (SSSR count). The fourth-order valence-electron chi connectivity index (χ4n) is 1.59. The van der Waals surface area contributed by atoms with E-state index in [4.69, 9.17) is 15.3 Å². The number of nitrogens with zero attached hydrogens (tertiary/aromatic N) is 1. The van der Waals surface area contributed by atoms with E-state index in [0.29, 0.717) is 19.0 Å². The van der Waals surface area contributed by atoms with Crippen molar-refractivity contribution < 1.29 is 9.84 Å². The highest BCUT2D eigenvalue weighted by Gasteiger charge is 2.14. The molecular weight excluding hydrogens is 192 g/mol. The van der Waals surface area contributed by atoms with Crippen molar-refractivity contribution in [2.45, 2.75) is 0 Å². The Morgan fingerprint density at radius 2 is 1.80 bits per heavy atom. The van der Waals surface area contributed by atoms with E-state index in [1.807, 2.05) is 4.90 Å². The van der Waals surface area contributed by atoms with Gasteiger partial charge in [0, 0.05) is 18.7 Å². The molecule has 1 aromatic rings. The second-order valence-electron chi connectivity index (χ2n) is 3.49. The molecule has 1 heterocycles. The Balaban J connectivity index is 2.09. The Morgan fingerprint density at radius 3 is 2.40 bits per heavy atom. The van der Waals surface area contributed by atoms with Crippen LogP contribution in [0.5, 0.6) is 5.75 Å². The molecule has 4 heteroatoms. The van der Waals surface area contributed by atoms with Gasteiger partial charge in [-0.3, -0.25) is 5.41 Å². The van der Waals surface area contributed by atoms with E-state index >= 15 is 0 Å². The second-order valence-corrected chi connectivity index (χ2v) is 3.49. The van der Waals surface area contributed by atoms with E-state index in [-0.39, 0.29) is 5.75 Å². The number of hydrogen-bond donors (Lipinski definition) is 2. The molecule has 0 bridgehead atoms. The molecule has 15 heavy (non-hydrogen) atoms. The quantitative estimate of drug-likeness (QED) is 0.533. The van der Waals surface area contributed by atoms with Crippen LogP contribution in [0.3, 0.4) is 0 Å². The van der Waals surface area contributed by atoms with Crippen LogP contribution < -0.4 is 0 Å². The Labute approximate surface area is 88.6 Å². The summed E-state index contributed by atoms with van der Waals surface area (Å²) in [5.41, 5.74) is 0.828. The van der Waals surface area contributed by atoms with Crippen molar-refractivity contribution in [1.82, 2.24) is 4.90 Å². The third-order valence-electron chi connectivity index (χ3n) is 2.47. The summed E-state index contributed by atoms with van der Waals surface area (Å²) in [6, 6.07) is 6.72. The van der Waals surface area contributed by atoms with Gasteiger partial charge in [-0.2, -0.15) is 0 Å². The van der Waals surface area contributed by atoms with Gasteiger partial charge in [0.05, 0.1) is 13.2 Å². The molecule has 80 valence electrons. The van der Waals surface area contributed by atoms with Crippen molar-refractivity contribution in [3.63, 3.8) is 0 Å². The van der Waals surface area contributed by atoms with Gasteiger partial charge in [-0.15, -0.1) is 0 Å². The number of hydrogen-bond acceptors (Lipinski definition) is 3. The van der Waals surface area contributed by atoms with E-state index in [1.165, 1.54) is 0 Å². The molecule has 4 nitrogen and oxygen atoms in total. The molecule has 1 fully saturated rings. The van der Waals surface area contributed by atoms with E-state index < -0.39 is 0 Å². The van der Waals surface area contributed by atoms with Crippen LogP contribution in [-0.2, 0) is 4.74 Å². The highest BCUT2D eigenvalue weighted by Crippen LogP contribution is 2.12. The minimum Gasteiger partial charge on any atom is -0.508 e. The SMILES string of the molecule is N=C(c1ccc(O)cc1)N1CCOCC1. The smallest absolute Gasteiger partial charge is 0.128 e. The zero-order valence-corrected chi connectivity index (χ0v) is 8.44. The zero-order chi connectivity index (χ0) is 10.7. The van der Waals surface area contributed by atoms with Crippen LogP contribution in [0.25, 0.3) is 0 Å². The van der Waals surface area contributed by atoms with Crippen molar-refractivity contribution in [2.75, 3.05) is 26.3 Å². The van der Waals surface area contributed by atoms with E-state index in [1.54, 1.807) is 24.3 Å². The van der Waals surface area contributed by atoms with Gasteiger partial charge in [-0.05, 0) is 24.3 Å². The largest absolute Gasteiger partial charge is 0.508 e. The highest BCUT2D eigenvalue weighted by atomic mass is 16.5. The molecule has 1 aliphatic heterocycles. The molecule has 0 aliphatic carbocycles. The van der Waals surface area contributed by atoms with Crippen LogP contribution in [0, 0.1) is 5.41 Å². The molecule has 0 unspecified atom stereocenters. The molecule has 0 aromatic heterocycles. The topological polar surface area (TPSA) is 56.5 Å². The molecule has 1 saturated heterocycles. The number of benzene rings is 1. The standard InChI is InChI=1S/C11H14N2O2/c12-11(13-5-7-15-8-6-13)9-1-3-10(14)4-2-9/h1-4,12,14H,5-8H2. The average Bonchev–Trinajstić information content (AvgIpc) is 2.30. The summed E-state index contributed by atoms with van der Waals surface area (Å²) in [6.07, 6.45) is 0. The maximum absolute atomic E-state index is 9.14. The molecule has 0 saturated carbocycles. The molecule has 1 aromatic carbocycles. The third-order valence-corrected chi connectivity index (χ3v) is 2.47. The Hall–Kier alpha value is -1.55. The lowest BCUT2D eigenvalue weighted by Gasteiger charge is -2.29. The molecule has 0 amide bonds. The number of aromatic hydroxyl groups is 1. The molecule has 0 radical (unpaired) electrons. The first-order valence-electron chi connectivity index (χ1n) is 4.98. The minimum absolute atomic E-state index is 0.230. The van der Waals surface area contributed by atoms with Crippen LogP contribution in [0.2, 0.25) is 0 Å². The first-order valence-corrected chi connectivity index (χ1v) is 4.98. The van der Waals surface area contributed by atoms with Gasteiger partial charge in [-0.1, -0.05) is 0 Å². The Kier molecular flexibility index (Phi) is 2.87. The van der Waals surface area contributed by atoms with Crippen LogP contribution in [-0.4, -0.2) is 42.1 Å². The van der Waals surface area contributed by atoms with Crippen molar-refractivity contribution >= 4 is 5.84 Å². The van der Waals surface area contributed by atoms with E-state index in [0.717, 1.165) is 18.7 Å². The predicted molar refractivity (Wildman–Crippen MR) is 57.3 cm³/mol. The summed E-state index contributed by atoms with van der Waals surface area (Å²) < 4.78 is 5.23. The highest BCUT2D eigenvalue weighted by molar-refractivity contribution is 5.96. The summed E-state index contributed by atoms with van der Waals surface area (Å²) in [4.78, 5) is 1.98. The number of morpholine rings is 1. The second kappa shape index (κ2) is 4.31. The molecule has 0 atom stereocenters. The number of rotatable bonds is 1. The summed E-state index contributed by atoms with van der Waals surface area (Å²) in [6.45, 7) is 2.89. The van der Waals surface area contributed by atoms with Gasteiger partial charge >= 0.3 is 0 Å². The zero-order valence-electron chi connectivity index (χ0n) is 8.44. The van der Waals surface area contributed by atoms with Gasteiger partial charge in [-0.25, -0.2) is 0 Å². The Morgan fingerprint density at radius 1 is 1.20 bits per heavy atom. The maximum atomic E-state index is 9.14. The van der Waals surface area contributed by atoms with Crippen molar-refractivity contribution in [3.05, 3.63) is 29.8 Å². The molecule has 0 spiro atoms. The van der Waals surface area contributed by atoms with Crippen molar-refractivity contribution in [2.24, 2.45) is 0 Å². The number of phenols is 1. The summed E-state index contributed by atoms with van der Waals surface area (Å²) in [5, 5.41) is 17.1. The maximum Gasteiger partial charge on any atom is 0.128 e. The van der Waals surface area contributed by atoms with Crippen molar-refractivity contribution in [1.29, 1.82) is 5.41 Å². The van der Waals surface area contributed by atoms with Gasteiger partial charge < -0.3 is 14.7 Å². The Bertz CT molecular complexity index is 342. The lowest BCUT2D eigenvalue weighted by molar-refractivity contribution is 0.0680. The van der Waals surface area contributed by atoms with E-state index in [9.17, 15) is 0 Å². The monoisotopic (exact) mass is 206 g/mol. The lowest BCUT2D eigenvalue weighted by Crippen LogP contribution is -2.40. The van der Waals surface area contributed by atoms with Crippen molar-refractivity contribution in [3.8, 4) is 5.75 Å². The molecule has 2 N–H and O–H groups in total. The minimum atomic E-state index is 0.230. The van der Waals surface area contributed by atoms with Gasteiger partial charge in [0.15, 0.2) is 0 Å². The van der Waals surface area contributed by atoms with Gasteiger partial charge in [0.1, 0.15) is 11.6 Å². The lowest BCUT2D eigenvalue weighted by atomic mass is 10.2. The van der Waals surface area contributed by atoms with Crippen LogP contribution in [0.15, 0.2) is 24.3 Å². The summed E-state index contributed by atoms with van der Waals surface area (Å²) in [7, 11) is 0. The van der Waals surface area contributed by atoms with Gasteiger partial charge in [0.2, 0.25) is 0 Å². The van der Waals surface area contributed by atoms with Crippen LogP contribution in [0.1, 0.15) is 5.56 Å². The number of amidine groups is 1. The van der Waals surface area contributed by atoms with Gasteiger partial charge in [0.25, 0.3) is 0 Å². The third kappa shape index (κ3) is 2.27. The fraction of sp³-hybridized carbons (Fsp3) is 0.364. The fourth-order valence-corrected chi connectivity index (χ4v) is 1.59. The number of ether oxygens (including phenoxy) is 1. The molecular formula is C11H14N2O2. The van der Waals surface area contributed by atoms with Crippen LogP contribution >= 0.6 is 0 Å². The summed E-state index contributed by atoms with van der Waals surface area (Å²) in [5.74, 6) is 0.729. The van der Waals surface area contributed by atoms with Crippen LogP contribution in [0.4, 0.5) is 0 Å². The predicted octanol–water partition coefficient (Wildman–Crippen LogP) is 1.05. The van der Waals surface area contributed by atoms with E-state index in [2.05, 4.69) is 0 Å². The number of phenolic OH excluding ortho intramolecular Hbond substituents is 1. The first kappa shape index (κ1) is 9.98. The molecule has 1 aliphatic rings. The number of nitrogens with one attached hydrogen (secondary N) is 1. The average molecular weight is 206 g/mol.